The number of amides is 1. The number of hydrogen-bond donors (Lipinski definition) is 0. The van der Waals surface area contributed by atoms with Crippen LogP contribution >= 0.6 is 15.9 Å². The van der Waals surface area contributed by atoms with Crippen LogP contribution in [0.5, 0.6) is 0 Å². The highest BCUT2D eigenvalue weighted by Gasteiger charge is 2.35. The molecule has 2 heterocycles. The third-order valence-corrected chi connectivity index (χ3v) is 5.62. The third-order valence-electron chi connectivity index (χ3n) is 3.45. The molecule has 5 nitrogen and oxygen atoms in total. The molecule has 1 aliphatic rings. The van der Waals surface area contributed by atoms with E-state index >= 15 is 0 Å². The third kappa shape index (κ3) is 3.63. The summed E-state index contributed by atoms with van der Waals surface area (Å²) in [5, 5.41) is 0. The normalized spacial score (nSPS) is 21.0. The Balaban J connectivity index is 2.17. The van der Waals surface area contributed by atoms with Crippen LogP contribution in [0.4, 0.5) is 0 Å². The van der Waals surface area contributed by atoms with Crippen LogP contribution in [0.1, 0.15) is 36.7 Å². The molecule has 1 atom stereocenters. The predicted octanol–water partition coefficient (Wildman–Crippen LogP) is 2.47. The van der Waals surface area contributed by atoms with Gasteiger partial charge in [-0.25, -0.2) is 8.42 Å². The predicted molar refractivity (Wildman–Crippen MR) is 79.4 cm³/mol. The summed E-state index contributed by atoms with van der Waals surface area (Å²) in [6.45, 7) is 2.60. The summed E-state index contributed by atoms with van der Waals surface area (Å²) in [6, 6.07) is 3.04. The fourth-order valence-corrected chi connectivity index (χ4v) is 4.41. The van der Waals surface area contributed by atoms with Gasteiger partial charge in [0.2, 0.25) is 0 Å². The highest BCUT2D eigenvalue weighted by Crippen LogP contribution is 2.22. The smallest absolute Gasteiger partial charge is 0.289 e. The minimum absolute atomic E-state index is 0.0599. The van der Waals surface area contributed by atoms with E-state index < -0.39 is 9.84 Å². The summed E-state index contributed by atoms with van der Waals surface area (Å²) >= 11 is 3.17. The first-order chi connectivity index (χ1) is 9.43. The van der Waals surface area contributed by atoms with Gasteiger partial charge in [-0.05, 0) is 40.9 Å². The van der Waals surface area contributed by atoms with Crippen molar-refractivity contribution in [1.82, 2.24) is 4.90 Å². The monoisotopic (exact) mass is 363 g/mol. The average Bonchev–Trinajstić information content (AvgIpc) is 2.96. The summed E-state index contributed by atoms with van der Waals surface area (Å²) in [5.74, 6) is 0.239. The second kappa shape index (κ2) is 6.30. The zero-order chi connectivity index (χ0) is 14.8. The van der Waals surface area contributed by atoms with E-state index in [-0.39, 0.29) is 29.2 Å². The number of sulfone groups is 1. The number of carbonyl (C=O) groups is 1. The van der Waals surface area contributed by atoms with Gasteiger partial charge >= 0.3 is 0 Å². The lowest BCUT2D eigenvalue weighted by Gasteiger charge is -2.27. The second-order valence-electron chi connectivity index (χ2n) is 5.01. The molecule has 0 saturated carbocycles. The van der Waals surface area contributed by atoms with E-state index in [1.54, 1.807) is 17.0 Å². The number of nitrogens with zero attached hydrogens (tertiary/aromatic N) is 1. The zero-order valence-electron chi connectivity index (χ0n) is 11.3. The van der Waals surface area contributed by atoms with Crippen molar-refractivity contribution < 1.29 is 17.6 Å². The Morgan fingerprint density at radius 2 is 2.25 bits per heavy atom. The Morgan fingerprint density at radius 1 is 1.50 bits per heavy atom. The molecule has 1 saturated heterocycles. The second-order valence-corrected chi connectivity index (χ2v) is 8.02. The molecule has 7 heteroatoms. The maximum absolute atomic E-state index is 12.5. The van der Waals surface area contributed by atoms with Crippen molar-refractivity contribution in [2.24, 2.45) is 0 Å². The van der Waals surface area contributed by atoms with Crippen molar-refractivity contribution in [2.75, 3.05) is 18.1 Å². The van der Waals surface area contributed by atoms with Gasteiger partial charge in [0.1, 0.15) is 0 Å². The standard InChI is InChI=1S/C13H18BrNO4S/c1-2-3-7-15(10-6-8-20(17,18)9-10)13(16)11-4-5-12(14)19-11/h4-5,10H,2-3,6-9H2,1H3/t10-/m0/s1. The summed E-state index contributed by atoms with van der Waals surface area (Å²) in [6.07, 6.45) is 2.31. The summed E-state index contributed by atoms with van der Waals surface area (Å²) in [5.41, 5.74) is 0. The van der Waals surface area contributed by atoms with Crippen molar-refractivity contribution >= 4 is 31.7 Å². The molecule has 0 bridgehead atoms. The Hall–Kier alpha value is -0.820. The van der Waals surface area contributed by atoms with E-state index in [9.17, 15) is 13.2 Å². The van der Waals surface area contributed by atoms with Crippen LogP contribution in [-0.2, 0) is 9.84 Å². The van der Waals surface area contributed by atoms with Crippen LogP contribution in [-0.4, -0.2) is 43.3 Å². The van der Waals surface area contributed by atoms with E-state index in [0.29, 0.717) is 17.6 Å². The lowest BCUT2D eigenvalue weighted by Crippen LogP contribution is -2.41. The van der Waals surface area contributed by atoms with Gasteiger partial charge in [-0.1, -0.05) is 13.3 Å². The van der Waals surface area contributed by atoms with Gasteiger partial charge in [0.05, 0.1) is 11.5 Å². The van der Waals surface area contributed by atoms with Crippen LogP contribution in [0.3, 0.4) is 0 Å². The molecule has 1 amide bonds. The first-order valence-electron chi connectivity index (χ1n) is 6.69. The van der Waals surface area contributed by atoms with Crippen molar-refractivity contribution in [3.05, 3.63) is 22.6 Å². The van der Waals surface area contributed by atoms with Crippen molar-refractivity contribution in [1.29, 1.82) is 0 Å². The lowest BCUT2D eigenvalue weighted by atomic mass is 10.2. The molecule has 20 heavy (non-hydrogen) atoms. The Morgan fingerprint density at radius 3 is 2.75 bits per heavy atom. The molecule has 0 aromatic carbocycles. The van der Waals surface area contributed by atoms with Gasteiger partial charge in [-0.15, -0.1) is 0 Å². The van der Waals surface area contributed by atoms with Crippen LogP contribution < -0.4 is 0 Å². The van der Waals surface area contributed by atoms with E-state index in [2.05, 4.69) is 15.9 Å². The van der Waals surface area contributed by atoms with E-state index in [1.807, 2.05) is 6.92 Å². The molecule has 1 aliphatic heterocycles. The number of furan rings is 1. The highest BCUT2D eigenvalue weighted by molar-refractivity contribution is 9.10. The molecule has 2 rings (SSSR count). The molecule has 0 N–H and O–H groups in total. The van der Waals surface area contributed by atoms with E-state index in [0.717, 1.165) is 12.8 Å². The van der Waals surface area contributed by atoms with Crippen molar-refractivity contribution in [3.63, 3.8) is 0 Å². The minimum atomic E-state index is -3.01. The molecule has 0 radical (unpaired) electrons. The lowest BCUT2D eigenvalue weighted by molar-refractivity contribution is 0.0660. The largest absolute Gasteiger partial charge is 0.444 e. The number of halogens is 1. The number of rotatable bonds is 5. The van der Waals surface area contributed by atoms with Crippen LogP contribution in [0.2, 0.25) is 0 Å². The quantitative estimate of drug-likeness (QED) is 0.805. The fraction of sp³-hybridized carbons (Fsp3) is 0.615. The molecule has 112 valence electrons. The molecular weight excluding hydrogens is 346 g/mol. The zero-order valence-corrected chi connectivity index (χ0v) is 13.7. The van der Waals surface area contributed by atoms with Crippen molar-refractivity contribution in [2.45, 2.75) is 32.2 Å². The molecular formula is C13H18BrNO4S. The summed E-state index contributed by atoms with van der Waals surface area (Å²) in [7, 11) is -3.01. The highest BCUT2D eigenvalue weighted by atomic mass is 79.9. The van der Waals surface area contributed by atoms with Gasteiger partial charge in [0.15, 0.2) is 20.3 Å². The van der Waals surface area contributed by atoms with E-state index in [1.165, 1.54) is 0 Å². The topological polar surface area (TPSA) is 67.6 Å². The first-order valence-corrected chi connectivity index (χ1v) is 9.31. The molecule has 0 spiro atoms. The Kier molecular flexibility index (Phi) is 4.90. The minimum Gasteiger partial charge on any atom is -0.444 e. The molecule has 0 unspecified atom stereocenters. The van der Waals surface area contributed by atoms with Crippen LogP contribution in [0.25, 0.3) is 0 Å². The maximum atomic E-state index is 12.5. The van der Waals surface area contributed by atoms with Gasteiger partial charge in [0, 0.05) is 12.6 Å². The average molecular weight is 364 g/mol. The van der Waals surface area contributed by atoms with Gasteiger partial charge in [0.25, 0.3) is 5.91 Å². The van der Waals surface area contributed by atoms with E-state index in [4.69, 9.17) is 4.42 Å². The van der Waals surface area contributed by atoms with Gasteiger partial charge < -0.3 is 9.32 Å². The summed E-state index contributed by atoms with van der Waals surface area (Å²) < 4.78 is 29.0. The first kappa shape index (κ1) is 15.6. The Bertz CT molecular complexity index is 581. The molecule has 1 fully saturated rings. The number of unbranched alkanes of at least 4 members (excludes halogenated alkanes) is 1. The SMILES string of the molecule is CCCCN(C(=O)c1ccc(Br)o1)[C@H]1CCS(=O)(=O)C1. The molecule has 1 aromatic rings. The van der Waals surface area contributed by atoms with Gasteiger partial charge in [-0.2, -0.15) is 0 Å². The number of hydrogen-bond acceptors (Lipinski definition) is 4. The van der Waals surface area contributed by atoms with Crippen LogP contribution in [0, 0.1) is 0 Å². The van der Waals surface area contributed by atoms with Crippen LogP contribution in [0.15, 0.2) is 21.2 Å². The van der Waals surface area contributed by atoms with Gasteiger partial charge in [-0.3, -0.25) is 4.79 Å². The summed E-state index contributed by atoms with van der Waals surface area (Å²) in [4.78, 5) is 14.1. The van der Waals surface area contributed by atoms with Crippen molar-refractivity contribution in [3.8, 4) is 0 Å². The molecule has 0 aliphatic carbocycles. The molecule has 1 aromatic heterocycles. The Labute approximate surface area is 127 Å². The maximum Gasteiger partial charge on any atom is 0.289 e. The fourth-order valence-electron chi connectivity index (χ4n) is 2.37. The number of carbonyl (C=O) groups excluding carboxylic acids is 1.